The normalized spacial score (nSPS) is 12.7. The fourth-order valence-electron chi connectivity index (χ4n) is 1.26. The third kappa shape index (κ3) is 2.90. The molecule has 1 rings (SSSR count). The molecule has 0 N–H and O–H groups in total. The van der Waals surface area contributed by atoms with Crippen LogP contribution >= 0.6 is 0 Å². The maximum absolute atomic E-state index is 12.3. The molecule has 1 aromatic carbocycles. The Hall–Kier alpha value is -1.19. The average Bonchev–Trinajstić information content (AvgIpc) is 2.14. The van der Waals surface area contributed by atoms with E-state index in [2.05, 4.69) is 0 Å². The quantitative estimate of drug-likeness (QED) is 0.707. The van der Waals surface area contributed by atoms with E-state index in [4.69, 9.17) is 0 Å². The van der Waals surface area contributed by atoms with Gasteiger partial charge >= 0.3 is 6.18 Å². The van der Waals surface area contributed by atoms with Crippen LogP contribution in [0.2, 0.25) is 0 Å². The molecule has 0 saturated heterocycles. The van der Waals surface area contributed by atoms with E-state index in [1.54, 1.807) is 0 Å². The van der Waals surface area contributed by atoms with Crippen molar-refractivity contribution in [2.45, 2.75) is 32.5 Å². The van der Waals surface area contributed by atoms with Crippen molar-refractivity contribution in [3.63, 3.8) is 0 Å². The molecule has 0 bridgehead atoms. The van der Waals surface area contributed by atoms with Crippen LogP contribution in [0.4, 0.5) is 18.9 Å². The van der Waals surface area contributed by atoms with E-state index in [1.807, 2.05) is 32.7 Å². The highest BCUT2D eigenvalue weighted by molar-refractivity contribution is 5.49. The van der Waals surface area contributed by atoms with Gasteiger partial charge in [-0.25, -0.2) is 0 Å². The molecule has 0 atom stereocenters. The number of nitrogens with zero attached hydrogens (tertiary/aromatic N) is 1. The molecule has 0 aliphatic rings. The van der Waals surface area contributed by atoms with Gasteiger partial charge in [0.25, 0.3) is 0 Å². The third-order valence-electron chi connectivity index (χ3n) is 2.59. The van der Waals surface area contributed by atoms with Gasteiger partial charge in [-0.1, -0.05) is 0 Å². The van der Waals surface area contributed by atoms with Crippen molar-refractivity contribution in [3.05, 3.63) is 29.8 Å². The summed E-state index contributed by atoms with van der Waals surface area (Å²) in [5.74, 6) is 0. The SMILES string of the molecule is CN(c1ccc(C(F)(F)F)cc1)C(C)(C)C. The second kappa shape index (κ2) is 4.00. The lowest BCUT2D eigenvalue weighted by molar-refractivity contribution is -0.137. The number of halogens is 3. The summed E-state index contributed by atoms with van der Waals surface area (Å²) in [5, 5.41) is 0. The predicted molar refractivity (Wildman–Crippen MR) is 59.6 cm³/mol. The maximum atomic E-state index is 12.3. The van der Waals surface area contributed by atoms with Crippen LogP contribution in [-0.4, -0.2) is 12.6 Å². The van der Waals surface area contributed by atoms with Gasteiger partial charge in [-0.15, -0.1) is 0 Å². The summed E-state index contributed by atoms with van der Waals surface area (Å²) in [4.78, 5) is 1.94. The smallest absolute Gasteiger partial charge is 0.370 e. The van der Waals surface area contributed by atoms with Crippen LogP contribution in [0, 0.1) is 0 Å². The summed E-state index contributed by atoms with van der Waals surface area (Å²) in [7, 11) is 1.86. The maximum Gasteiger partial charge on any atom is 0.416 e. The largest absolute Gasteiger partial charge is 0.416 e. The molecule has 90 valence electrons. The van der Waals surface area contributed by atoms with E-state index >= 15 is 0 Å². The van der Waals surface area contributed by atoms with Gasteiger partial charge in [0.1, 0.15) is 0 Å². The predicted octanol–water partition coefficient (Wildman–Crippen LogP) is 3.94. The highest BCUT2D eigenvalue weighted by atomic mass is 19.4. The molecule has 0 saturated carbocycles. The van der Waals surface area contributed by atoms with Crippen LogP contribution in [0.15, 0.2) is 24.3 Å². The minimum absolute atomic E-state index is 0.111. The Morgan fingerprint density at radius 3 is 1.69 bits per heavy atom. The number of anilines is 1. The van der Waals surface area contributed by atoms with Gasteiger partial charge in [0.15, 0.2) is 0 Å². The van der Waals surface area contributed by atoms with Crippen molar-refractivity contribution in [2.24, 2.45) is 0 Å². The Balaban J connectivity index is 2.96. The molecule has 0 aliphatic heterocycles. The zero-order valence-electron chi connectivity index (χ0n) is 9.89. The second-order valence-corrected chi connectivity index (χ2v) is 4.77. The van der Waals surface area contributed by atoms with E-state index < -0.39 is 11.7 Å². The van der Waals surface area contributed by atoms with Gasteiger partial charge in [0.2, 0.25) is 0 Å². The zero-order chi connectivity index (χ0) is 12.6. The van der Waals surface area contributed by atoms with Crippen molar-refractivity contribution in [2.75, 3.05) is 11.9 Å². The molecular weight excluding hydrogens is 215 g/mol. The minimum Gasteiger partial charge on any atom is -0.370 e. The molecular formula is C12H16F3N. The Kier molecular flexibility index (Phi) is 3.22. The molecule has 0 aromatic heterocycles. The molecule has 1 nitrogen and oxygen atoms in total. The second-order valence-electron chi connectivity index (χ2n) is 4.77. The number of hydrogen-bond acceptors (Lipinski definition) is 1. The monoisotopic (exact) mass is 231 g/mol. The van der Waals surface area contributed by atoms with Crippen molar-refractivity contribution >= 4 is 5.69 Å². The van der Waals surface area contributed by atoms with Crippen molar-refractivity contribution in [3.8, 4) is 0 Å². The van der Waals surface area contributed by atoms with Gasteiger partial charge in [-0.2, -0.15) is 13.2 Å². The van der Waals surface area contributed by atoms with Crippen LogP contribution in [0.3, 0.4) is 0 Å². The van der Waals surface area contributed by atoms with E-state index in [0.717, 1.165) is 17.8 Å². The Morgan fingerprint density at radius 2 is 1.38 bits per heavy atom. The molecule has 0 unspecified atom stereocenters. The fourth-order valence-corrected chi connectivity index (χ4v) is 1.26. The first-order chi connectivity index (χ1) is 7.12. The molecule has 0 amide bonds. The Labute approximate surface area is 93.9 Å². The first kappa shape index (κ1) is 12.9. The molecule has 0 fully saturated rings. The lowest BCUT2D eigenvalue weighted by atomic mass is 10.1. The summed E-state index contributed by atoms with van der Waals surface area (Å²) in [5.41, 5.74) is 0.0544. The van der Waals surface area contributed by atoms with E-state index in [-0.39, 0.29) is 5.54 Å². The summed E-state index contributed by atoms with van der Waals surface area (Å²) in [6.45, 7) is 6.01. The fraction of sp³-hybridized carbons (Fsp3) is 0.500. The zero-order valence-corrected chi connectivity index (χ0v) is 9.89. The summed E-state index contributed by atoms with van der Waals surface area (Å²) < 4.78 is 37.0. The van der Waals surface area contributed by atoms with Crippen LogP contribution in [0.1, 0.15) is 26.3 Å². The van der Waals surface area contributed by atoms with Crippen molar-refractivity contribution in [1.29, 1.82) is 0 Å². The lowest BCUT2D eigenvalue weighted by Gasteiger charge is -2.34. The van der Waals surface area contributed by atoms with Crippen LogP contribution in [0.5, 0.6) is 0 Å². The topological polar surface area (TPSA) is 3.24 Å². The molecule has 0 spiro atoms. The Bertz CT molecular complexity index is 346. The molecule has 4 heteroatoms. The number of benzene rings is 1. The molecule has 0 heterocycles. The summed E-state index contributed by atoms with van der Waals surface area (Å²) in [6.07, 6.45) is -4.27. The number of hydrogen-bond donors (Lipinski definition) is 0. The van der Waals surface area contributed by atoms with E-state index in [9.17, 15) is 13.2 Å². The van der Waals surface area contributed by atoms with Crippen molar-refractivity contribution < 1.29 is 13.2 Å². The number of rotatable bonds is 1. The van der Waals surface area contributed by atoms with Gasteiger partial charge in [-0.3, -0.25) is 0 Å². The van der Waals surface area contributed by atoms with Gasteiger partial charge in [0.05, 0.1) is 5.56 Å². The lowest BCUT2D eigenvalue weighted by Crippen LogP contribution is -2.37. The van der Waals surface area contributed by atoms with Crippen LogP contribution in [-0.2, 0) is 6.18 Å². The Morgan fingerprint density at radius 1 is 0.938 bits per heavy atom. The van der Waals surface area contributed by atoms with Gasteiger partial charge in [0, 0.05) is 18.3 Å². The molecule has 1 aromatic rings. The van der Waals surface area contributed by atoms with Gasteiger partial charge < -0.3 is 4.90 Å². The summed E-state index contributed by atoms with van der Waals surface area (Å²) >= 11 is 0. The first-order valence-corrected chi connectivity index (χ1v) is 5.03. The first-order valence-electron chi connectivity index (χ1n) is 5.03. The van der Waals surface area contributed by atoms with Crippen LogP contribution < -0.4 is 4.90 Å². The number of alkyl halides is 3. The van der Waals surface area contributed by atoms with E-state index in [1.165, 1.54) is 12.1 Å². The highest BCUT2D eigenvalue weighted by Crippen LogP contribution is 2.31. The summed E-state index contributed by atoms with van der Waals surface area (Å²) in [6, 6.07) is 5.21. The molecule has 16 heavy (non-hydrogen) atoms. The standard InChI is InChI=1S/C12H16F3N/c1-11(2,3)16(4)10-7-5-9(6-8-10)12(13,14)15/h5-8H,1-4H3. The third-order valence-corrected chi connectivity index (χ3v) is 2.59. The van der Waals surface area contributed by atoms with Crippen LogP contribution in [0.25, 0.3) is 0 Å². The van der Waals surface area contributed by atoms with E-state index in [0.29, 0.717) is 0 Å². The van der Waals surface area contributed by atoms with Crippen molar-refractivity contribution in [1.82, 2.24) is 0 Å². The molecule has 0 aliphatic carbocycles. The average molecular weight is 231 g/mol. The minimum atomic E-state index is -4.27. The molecule has 0 radical (unpaired) electrons. The van der Waals surface area contributed by atoms with Gasteiger partial charge in [-0.05, 0) is 45.0 Å². The highest BCUT2D eigenvalue weighted by Gasteiger charge is 2.30.